The first-order valence-corrected chi connectivity index (χ1v) is 12.1. The number of sulfonamides is 1. The van der Waals surface area contributed by atoms with Gasteiger partial charge in [0.05, 0.1) is 12.3 Å². The smallest absolute Gasteiger partial charge is 0.317 e. The highest BCUT2D eigenvalue weighted by molar-refractivity contribution is 7.88. The lowest BCUT2D eigenvalue weighted by atomic mass is 9.95. The van der Waals surface area contributed by atoms with Gasteiger partial charge >= 0.3 is 6.03 Å². The van der Waals surface area contributed by atoms with Gasteiger partial charge in [0.1, 0.15) is 0 Å². The minimum absolute atomic E-state index is 0.0798. The first-order chi connectivity index (χ1) is 13.4. The minimum Gasteiger partial charge on any atom is -0.339 e. The van der Waals surface area contributed by atoms with E-state index < -0.39 is 10.0 Å². The van der Waals surface area contributed by atoms with Crippen molar-refractivity contribution in [2.45, 2.75) is 69.4 Å². The van der Waals surface area contributed by atoms with Crippen molar-refractivity contribution in [3.63, 3.8) is 0 Å². The molecule has 3 fully saturated rings. The summed E-state index contributed by atoms with van der Waals surface area (Å²) >= 11 is 0. The summed E-state index contributed by atoms with van der Waals surface area (Å²) < 4.78 is 31.2. The summed E-state index contributed by atoms with van der Waals surface area (Å²) in [5.41, 5.74) is 0. The molecule has 0 bridgehead atoms. The first-order valence-electron chi connectivity index (χ1n) is 10.2. The number of rotatable bonds is 7. The highest BCUT2D eigenvalue weighted by Crippen LogP contribution is 2.38. The molecule has 9 nitrogen and oxygen atoms in total. The average molecular weight is 412 g/mol. The van der Waals surface area contributed by atoms with Crippen LogP contribution in [0.25, 0.3) is 0 Å². The van der Waals surface area contributed by atoms with Crippen molar-refractivity contribution in [3.05, 3.63) is 11.7 Å². The number of nitrogens with one attached hydrogen (secondary N) is 1. The van der Waals surface area contributed by atoms with E-state index in [1.165, 1.54) is 17.0 Å². The molecule has 1 aromatic heterocycles. The number of carbonyl (C=O) groups is 1. The summed E-state index contributed by atoms with van der Waals surface area (Å²) in [5.74, 6) is 1.59. The zero-order valence-corrected chi connectivity index (χ0v) is 17.2. The van der Waals surface area contributed by atoms with Gasteiger partial charge in [0.25, 0.3) is 0 Å². The number of nitrogens with zero attached hydrogens (tertiary/aromatic N) is 4. The lowest BCUT2D eigenvalue weighted by Crippen LogP contribution is -2.64. The van der Waals surface area contributed by atoms with Gasteiger partial charge in [-0.3, -0.25) is 0 Å². The van der Waals surface area contributed by atoms with E-state index in [1.54, 1.807) is 4.90 Å². The third-order valence-electron chi connectivity index (χ3n) is 5.88. The maximum Gasteiger partial charge on any atom is 0.317 e. The summed E-state index contributed by atoms with van der Waals surface area (Å²) in [6.45, 7) is 1.14. The third kappa shape index (κ3) is 4.65. The topological polar surface area (TPSA) is 109 Å². The number of aromatic nitrogens is 2. The summed E-state index contributed by atoms with van der Waals surface area (Å²) in [4.78, 5) is 18.4. The number of carbonyl (C=O) groups excluding carboxylic acids is 1. The molecule has 2 aliphatic carbocycles. The van der Waals surface area contributed by atoms with Crippen LogP contribution in [-0.2, 0) is 16.4 Å². The second-order valence-corrected chi connectivity index (χ2v) is 10.2. The molecule has 3 aliphatic rings. The highest BCUT2D eigenvalue weighted by atomic mass is 32.2. The Labute approximate surface area is 165 Å². The van der Waals surface area contributed by atoms with Crippen molar-refractivity contribution in [3.8, 4) is 0 Å². The maximum atomic E-state index is 12.4. The number of hydrogen-bond acceptors (Lipinski definition) is 6. The second-order valence-electron chi connectivity index (χ2n) is 8.29. The van der Waals surface area contributed by atoms with E-state index in [1.807, 2.05) is 0 Å². The van der Waals surface area contributed by atoms with Gasteiger partial charge in [-0.05, 0) is 25.7 Å². The largest absolute Gasteiger partial charge is 0.339 e. The predicted octanol–water partition coefficient (Wildman–Crippen LogP) is 1.48. The zero-order valence-electron chi connectivity index (χ0n) is 16.3. The predicted molar refractivity (Wildman–Crippen MR) is 102 cm³/mol. The highest BCUT2D eigenvalue weighted by Gasteiger charge is 2.39. The summed E-state index contributed by atoms with van der Waals surface area (Å²) in [7, 11) is -3.38. The Balaban J connectivity index is 1.28. The molecule has 10 heteroatoms. The third-order valence-corrected chi connectivity index (χ3v) is 7.21. The molecule has 28 heavy (non-hydrogen) atoms. The van der Waals surface area contributed by atoms with Crippen LogP contribution in [0.4, 0.5) is 4.79 Å². The molecule has 1 saturated heterocycles. The number of hydrogen-bond donors (Lipinski definition) is 1. The first kappa shape index (κ1) is 19.6. The van der Waals surface area contributed by atoms with Crippen LogP contribution in [0.3, 0.4) is 0 Å². The van der Waals surface area contributed by atoms with Crippen LogP contribution in [0.2, 0.25) is 0 Å². The van der Waals surface area contributed by atoms with Gasteiger partial charge in [-0.2, -0.15) is 9.29 Å². The second kappa shape index (κ2) is 7.98. The van der Waals surface area contributed by atoms with Crippen LogP contribution >= 0.6 is 0 Å². The van der Waals surface area contributed by atoms with Crippen LogP contribution < -0.4 is 5.32 Å². The van der Waals surface area contributed by atoms with Gasteiger partial charge in [-0.15, -0.1) is 0 Å². The molecule has 2 amide bonds. The van der Waals surface area contributed by atoms with E-state index in [-0.39, 0.29) is 18.1 Å². The minimum atomic E-state index is -3.38. The molecule has 1 aromatic rings. The zero-order chi connectivity index (χ0) is 19.7. The van der Waals surface area contributed by atoms with Crippen molar-refractivity contribution in [1.29, 1.82) is 0 Å². The Bertz CT molecular complexity index is 795. The van der Waals surface area contributed by atoms with Gasteiger partial charge in [0.2, 0.25) is 15.9 Å². The van der Waals surface area contributed by atoms with Crippen LogP contribution in [0, 0.1) is 0 Å². The fourth-order valence-corrected chi connectivity index (χ4v) is 5.11. The molecule has 1 aliphatic heterocycles. The van der Waals surface area contributed by atoms with Crippen molar-refractivity contribution >= 4 is 16.1 Å². The Morgan fingerprint density at radius 2 is 1.93 bits per heavy atom. The molecule has 0 radical (unpaired) electrons. The molecule has 2 heterocycles. The quantitative estimate of drug-likeness (QED) is 0.728. The van der Waals surface area contributed by atoms with Crippen molar-refractivity contribution in [2.24, 2.45) is 0 Å². The van der Waals surface area contributed by atoms with E-state index in [2.05, 4.69) is 15.5 Å². The van der Waals surface area contributed by atoms with Gasteiger partial charge < -0.3 is 14.7 Å². The molecular weight excluding hydrogens is 382 g/mol. The molecular formula is C18H29N5O4S. The number of amides is 2. The van der Waals surface area contributed by atoms with Crippen molar-refractivity contribution in [1.82, 2.24) is 24.7 Å². The Morgan fingerprint density at radius 3 is 2.57 bits per heavy atom. The van der Waals surface area contributed by atoms with Gasteiger partial charge in [-0.25, -0.2) is 13.2 Å². The molecule has 156 valence electrons. The maximum absolute atomic E-state index is 12.4. The van der Waals surface area contributed by atoms with E-state index in [4.69, 9.17) is 4.52 Å². The summed E-state index contributed by atoms with van der Waals surface area (Å²) in [6.07, 6.45) is 9.41. The molecule has 0 unspecified atom stereocenters. The summed E-state index contributed by atoms with van der Waals surface area (Å²) in [6, 6.07) is -0.0176. The van der Waals surface area contributed by atoms with Crippen LogP contribution in [0.1, 0.15) is 62.6 Å². The summed E-state index contributed by atoms with van der Waals surface area (Å²) in [5, 5.41) is 7.04. The van der Waals surface area contributed by atoms with Crippen molar-refractivity contribution < 1.29 is 17.7 Å². The molecule has 2 saturated carbocycles. The Kier molecular flexibility index (Phi) is 5.59. The van der Waals surface area contributed by atoms with Gasteiger partial charge in [0, 0.05) is 38.0 Å². The lowest BCUT2D eigenvalue weighted by Gasteiger charge is -2.44. The van der Waals surface area contributed by atoms with E-state index in [9.17, 15) is 13.2 Å². The van der Waals surface area contributed by atoms with Crippen LogP contribution in [-0.4, -0.2) is 71.8 Å². The number of likely N-dealkylation sites (tertiary alicyclic amines) is 1. The molecule has 0 spiro atoms. The normalized spacial score (nSPS) is 21.7. The van der Waals surface area contributed by atoms with Crippen LogP contribution in [0.5, 0.6) is 0 Å². The van der Waals surface area contributed by atoms with E-state index in [0.29, 0.717) is 43.7 Å². The Hall–Kier alpha value is -1.68. The molecule has 1 N–H and O–H groups in total. The standard InChI is InChI=1S/C18H29N5O4S/c1-28(25,26)23(10-9-16-20-17(27-21-16)13-7-8-13)15-11-22(12-15)18(24)19-14-5-3-2-4-6-14/h13-15H,2-12H2,1H3,(H,19,24). The van der Waals surface area contributed by atoms with Crippen molar-refractivity contribution in [2.75, 3.05) is 25.9 Å². The molecule has 0 atom stereocenters. The average Bonchev–Trinajstić information content (AvgIpc) is 3.35. The van der Waals surface area contributed by atoms with Gasteiger partial charge in [0.15, 0.2) is 5.82 Å². The lowest BCUT2D eigenvalue weighted by molar-refractivity contribution is 0.0982. The molecule has 4 rings (SSSR count). The monoisotopic (exact) mass is 411 g/mol. The fourth-order valence-electron chi connectivity index (χ4n) is 4.01. The fraction of sp³-hybridized carbons (Fsp3) is 0.833. The van der Waals surface area contributed by atoms with Gasteiger partial charge in [-0.1, -0.05) is 24.4 Å². The van der Waals surface area contributed by atoms with Crippen LogP contribution in [0.15, 0.2) is 4.52 Å². The molecule has 0 aromatic carbocycles. The Morgan fingerprint density at radius 1 is 1.21 bits per heavy atom. The van der Waals surface area contributed by atoms with E-state index >= 15 is 0 Å². The van der Waals surface area contributed by atoms with E-state index in [0.717, 1.165) is 38.5 Å². The number of urea groups is 1. The SMILES string of the molecule is CS(=O)(=O)N(CCc1noc(C2CC2)n1)C1CN(C(=O)NC2CCCCC2)C1.